The van der Waals surface area contributed by atoms with Gasteiger partial charge >= 0.3 is 0 Å². The average Bonchev–Trinajstić information content (AvgIpc) is 3.35. The molecule has 178 valence electrons. The molecule has 2 aromatic carbocycles. The summed E-state index contributed by atoms with van der Waals surface area (Å²) in [6.07, 6.45) is 0.830. The van der Waals surface area contributed by atoms with Gasteiger partial charge in [0.15, 0.2) is 5.11 Å². The fourth-order valence-corrected chi connectivity index (χ4v) is 4.28. The Morgan fingerprint density at radius 1 is 1.00 bits per heavy atom. The van der Waals surface area contributed by atoms with Crippen LogP contribution in [0.25, 0.3) is 17.0 Å². The van der Waals surface area contributed by atoms with Crippen LogP contribution in [0.15, 0.2) is 58.8 Å². The summed E-state index contributed by atoms with van der Waals surface area (Å²) in [5, 5.41) is 8.36. The van der Waals surface area contributed by atoms with E-state index in [-0.39, 0.29) is 6.04 Å². The van der Waals surface area contributed by atoms with Crippen molar-refractivity contribution in [2.75, 3.05) is 34.5 Å². The predicted octanol–water partition coefficient (Wildman–Crippen LogP) is 4.45. The van der Waals surface area contributed by atoms with Gasteiger partial charge in [0.1, 0.15) is 11.5 Å². The molecule has 0 radical (unpaired) electrons. The number of aromatic nitrogens is 2. The molecule has 1 aromatic heterocycles. The Kier molecular flexibility index (Phi) is 7.44. The van der Waals surface area contributed by atoms with Gasteiger partial charge in [-0.1, -0.05) is 17.3 Å². The zero-order valence-electron chi connectivity index (χ0n) is 19.7. The fraction of sp³-hybridized carbons (Fsp3) is 0.320. The number of hydrogen-bond donors (Lipinski definition) is 1. The number of nitrogens with one attached hydrogen (secondary N) is 1. The molecule has 4 rings (SSSR count). The van der Waals surface area contributed by atoms with Gasteiger partial charge in [0, 0.05) is 31.5 Å². The van der Waals surface area contributed by atoms with Gasteiger partial charge in [-0.3, -0.25) is 0 Å². The van der Waals surface area contributed by atoms with Crippen molar-refractivity contribution in [2.45, 2.75) is 19.4 Å². The Labute approximate surface area is 204 Å². The number of nitrogens with zero attached hydrogens (tertiary/aromatic N) is 3. The molecular formula is C25H28N4O4S. The van der Waals surface area contributed by atoms with E-state index in [2.05, 4.69) is 15.4 Å². The Balaban J connectivity index is 1.74. The molecule has 0 fully saturated rings. The normalized spacial score (nSPS) is 15.9. The first-order chi connectivity index (χ1) is 16.5. The summed E-state index contributed by atoms with van der Waals surface area (Å²) in [4.78, 5) is 6.80. The SMILES string of the molecule is COCCCN1C(=S)NC(c2ccc(OC)cc2)C(c2nc(-c3ccc(OC)cc3)no2)=C1C. The van der Waals surface area contributed by atoms with E-state index in [1.807, 2.05) is 55.5 Å². The fourth-order valence-electron chi connectivity index (χ4n) is 3.93. The van der Waals surface area contributed by atoms with Crippen molar-refractivity contribution < 1.29 is 18.7 Å². The van der Waals surface area contributed by atoms with Crippen LogP contribution in [0, 0.1) is 0 Å². The van der Waals surface area contributed by atoms with Gasteiger partial charge in [0.05, 0.1) is 25.8 Å². The Bertz CT molecular complexity index is 1160. The first kappa shape index (κ1) is 23.7. The minimum atomic E-state index is -0.249. The van der Waals surface area contributed by atoms with E-state index in [9.17, 15) is 0 Å². The van der Waals surface area contributed by atoms with Crippen molar-refractivity contribution in [2.24, 2.45) is 0 Å². The molecule has 0 saturated carbocycles. The molecule has 1 unspecified atom stereocenters. The van der Waals surface area contributed by atoms with E-state index in [1.165, 1.54) is 0 Å². The standard InChI is InChI=1S/C25H28N4O4S/c1-16-21(24-27-23(28-33-24)18-8-12-20(32-4)13-9-18)22(17-6-10-19(31-3)11-7-17)26-25(34)29(16)14-5-15-30-2/h6-13,22H,5,14-15H2,1-4H3,(H,26,34). The lowest BCUT2D eigenvalue weighted by atomic mass is 9.94. The molecule has 1 aliphatic heterocycles. The molecule has 0 spiro atoms. The van der Waals surface area contributed by atoms with Crippen LogP contribution in [0.4, 0.5) is 0 Å². The second kappa shape index (κ2) is 10.7. The van der Waals surface area contributed by atoms with Gasteiger partial charge in [-0.15, -0.1) is 0 Å². The average molecular weight is 481 g/mol. The van der Waals surface area contributed by atoms with Crippen molar-refractivity contribution in [3.8, 4) is 22.9 Å². The van der Waals surface area contributed by atoms with Crippen molar-refractivity contribution in [3.05, 3.63) is 65.7 Å². The minimum absolute atomic E-state index is 0.249. The number of methoxy groups -OCH3 is 3. The molecule has 3 aromatic rings. The van der Waals surface area contributed by atoms with Crippen molar-refractivity contribution in [1.82, 2.24) is 20.4 Å². The van der Waals surface area contributed by atoms with E-state index >= 15 is 0 Å². The number of ether oxygens (including phenoxy) is 3. The third kappa shape index (κ3) is 4.90. The second-order valence-electron chi connectivity index (χ2n) is 7.80. The summed E-state index contributed by atoms with van der Waals surface area (Å²) in [6.45, 7) is 3.39. The van der Waals surface area contributed by atoms with Crippen LogP contribution in [0.3, 0.4) is 0 Å². The van der Waals surface area contributed by atoms with E-state index in [1.54, 1.807) is 21.3 Å². The Hall–Kier alpha value is -3.43. The summed E-state index contributed by atoms with van der Waals surface area (Å²) in [7, 11) is 4.98. The van der Waals surface area contributed by atoms with E-state index in [4.69, 9.17) is 35.9 Å². The number of thiocarbonyl (C=S) groups is 1. The van der Waals surface area contributed by atoms with Gasteiger partial charge < -0.3 is 29.0 Å². The molecule has 1 N–H and O–H groups in total. The molecular weight excluding hydrogens is 452 g/mol. The summed E-state index contributed by atoms with van der Waals surface area (Å²) < 4.78 is 21.6. The van der Waals surface area contributed by atoms with E-state index in [0.29, 0.717) is 30.0 Å². The highest BCUT2D eigenvalue weighted by atomic mass is 32.1. The lowest BCUT2D eigenvalue weighted by Gasteiger charge is -2.37. The molecule has 9 heteroatoms. The van der Waals surface area contributed by atoms with Crippen LogP contribution in [-0.4, -0.2) is 54.6 Å². The molecule has 8 nitrogen and oxygen atoms in total. The molecule has 0 bridgehead atoms. The van der Waals surface area contributed by atoms with Gasteiger partial charge in [-0.2, -0.15) is 4.98 Å². The summed E-state index contributed by atoms with van der Waals surface area (Å²) in [5.41, 5.74) is 3.69. The van der Waals surface area contributed by atoms with E-state index in [0.717, 1.165) is 40.3 Å². The monoisotopic (exact) mass is 480 g/mol. The number of rotatable bonds is 9. The quantitative estimate of drug-likeness (QED) is 0.353. The van der Waals surface area contributed by atoms with Gasteiger partial charge in [-0.25, -0.2) is 0 Å². The zero-order chi connectivity index (χ0) is 24.1. The highest BCUT2D eigenvalue weighted by Gasteiger charge is 2.34. The maximum Gasteiger partial charge on any atom is 0.258 e. The van der Waals surface area contributed by atoms with Crippen LogP contribution in [0.5, 0.6) is 11.5 Å². The number of hydrogen-bond acceptors (Lipinski definition) is 7. The first-order valence-corrected chi connectivity index (χ1v) is 11.4. The maximum atomic E-state index is 5.78. The Morgan fingerprint density at radius 3 is 2.26 bits per heavy atom. The van der Waals surface area contributed by atoms with Gasteiger partial charge in [-0.05, 0) is 67.5 Å². The molecule has 1 atom stereocenters. The van der Waals surface area contributed by atoms with Crippen LogP contribution >= 0.6 is 12.2 Å². The van der Waals surface area contributed by atoms with Crippen LogP contribution < -0.4 is 14.8 Å². The minimum Gasteiger partial charge on any atom is -0.497 e. The van der Waals surface area contributed by atoms with E-state index < -0.39 is 0 Å². The lowest BCUT2D eigenvalue weighted by molar-refractivity contribution is 0.188. The topological polar surface area (TPSA) is 81.9 Å². The highest BCUT2D eigenvalue weighted by Crippen LogP contribution is 2.38. The number of benzene rings is 2. The predicted molar refractivity (Wildman–Crippen MR) is 134 cm³/mol. The summed E-state index contributed by atoms with van der Waals surface area (Å²) in [6, 6.07) is 15.2. The summed E-state index contributed by atoms with van der Waals surface area (Å²) >= 11 is 5.72. The second-order valence-corrected chi connectivity index (χ2v) is 8.19. The lowest BCUT2D eigenvalue weighted by Crippen LogP contribution is -2.46. The largest absolute Gasteiger partial charge is 0.497 e. The smallest absolute Gasteiger partial charge is 0.258 e. The molecule has 1 aliphatic rings. The highest BCUT2D eigenvalue weighted by molar-refractivity contribution is 7.80. The molecule has 0 saturated heterocycles. The van der Waals surface area contributed by atoms with Crippen LogP contribution in [0.1, 0.15) is 30.8 Å². The van der Waals surface area contributed by atoms with Crippen molar-refractivity contribution in [1.29, 1.82) is 0 Å². The van der Waals surface area contributed by atoms with Crippen molar-refractivity contribution in [3.63, 3.8) is 0 Å². The molecule has 0 aliphatic carbocycles. The van der Waals surface area contributed by atoms with Gasteiger partial charge in [0.25, 0.3) is 5.89 Å². The summed E-state index contributed by atoms with van der Waals surface area (Å²) in [5.74, 6) is 2.49. The maximum absolute atomic E-state index is 5.78. The third-order valence-electron chi connectivity index (χ3n) is 5.78. The van der Waals surface area contributed by atoms with Crippen LogP contribution in [-0.2, 0) is 4.74 Å². The van der Waals surface area contributed by atoms with Crippen molar-refractivity contribution >= 4 is 22.9 Å². The zero-order valence-corrected chi connectivity index (χ0v) is 20.5. The van der Waals surface area contributed by atoms with Crippen LogP contribution in [0.2, 0.25) is 0 Å². The Morgan fingerprint density at radius 2 is 1.65 bits per heavy atom. The first-order valence-electron chi connectivity index (χ1n) is 11.0. The third-order valence-corrected chi connectivity index (χ3v) is 6.12. The number of allylic oxidation sites excluding steroid dienone is 1. The molecule has 2 heterocycles. The molecule has 34 heavy (non-hydrogen) atoms. The van der Waals surface area contributed by atoms with Gasteiger partial charge in [0.2, 0.25) is 5.82 Å². The molecule has 0 amide bonds.